The van der Waals surface area contributed by atoms with E-state index in [2.05, 4.69) is 22.9 Å². The highest BCUT2D eigenvalue weighted by Crippen LogP contribution is 2.29. The zero-order valence-electron chi connectivity index (χ0n) is 13.8. The average Bonchev–Trinajstić information content (AvgIpc) is 2.62. The maximum Gasteiger partial charge on any atom is 0.325 e. The van der Waals surface area contributed by atoms with Gasteiger partial charge in [0.2, 0.25) is 0 Å². The van der Waals surface area contributed by atoms with Gasteiger partial charge < -0.3 is 15.2 Å². The lowest BCUT2D eigenvalue weighted by atomic mass is 10.1. The molecule has 26 heavy (non-hydrogen) atoms. The van der Waals surface area contributed by atoms with Gasteiger partial charge in [0.25, 0.3) is 5.91 Å². The van der Waals surface area contributed by atoms with Crippen LogP contribution in [0.25, 0.3) is 10.8 Å². The zero-order valence-corrected chi connectivity index (χ0v) is 14.7. The summed E-state index contributed by atoms with van der Waals surface area (Å²) in [6.45, 7) is 1.38. The summed E-state index contributed by atoms with van der Waals surface area (Å²) in [5.41, 5.74) is 0.0747. The first-order valence-corrected chi connectivity index (χ1v) is 8.28. The number of nitrogens with one attached hydrogen (secondary N) is 1. The zero-order chi connectivity index (χ0) is 18.7. The molecule has 1 aromatic heterocycles. The van der Waals surface area contributed by atoms with Crippen LogP contribution in [0.3, 0.4) is 0 Å². The second-order valence-electron chi connectivity index (χ2n) is 5.65. The quantitative estimate of drug-likeness (QED) is 0.600. The van der Waals surface area contributed by atoms with Gasteiger partial charge in [0.15, 0.2) is 0 Å². The van der Waals surface area contributed by atoms with Crippen molar-refractivity contribution in [1.29, 1.82) is 0 Å². The van der Waals surface area contributed by atoms with E-state index in [1.807, 2.05) is 30.3 Å². The molecule has 1 amide bonds. The highest BCUT2D eigenvalue weighted by Gasteiger charge is 2.19. The Bertz CT molecular complexity index is 976. The maximum atomic E-state index is 12.2. The second-order valence-corrected chi connectivity index (χ2v) is 6.10. The van der Waals surface area contributed by atoms with Crippen LogP contribution in [0.1, 0.15) is 17.4 Å². The van der Waals surface area contributed by atoms with Crippen molar-refractivity contribution in [2.75, 3.05) is 0 Å². The Morgan fingerprint density at radius 2 is 1.88 bits per heavy atom. The van der Waals surface area contributed by atoms with E-state index in [0.717, 1.165) is 10.8 Å². The van der Waals surface area contributed by atoms with Crippen molar-refractivity contribution in [3.63, 3.8) is 0 Å². The number of amides is 1. The number of carboxylic acid groups (broad SMARTS) is 1. The van der Waals surface area contributed by atoms with E-state index in [1.54, 1.807) is 18.2 Å². The Balaban J connectivity index is 1.89. The van der Waals surface area contributed by atoms with Crippen molar-refractivity contribution in [3.05, 3.63) is 60.4 Å². The number of carbonyl (C=O) groups is 2. The number of aliphatic carboxylic acids is 1. The van der Waals surface area contributed by atoms with Gasteiger partial charge >= 0.3 is 5.97 Å². The summed E-state index contributed by atoms with van der Waals surface area (Å²) in [5, 5.41) is 12.7. The molecule has 0 aliphatic rings. The van der Waals surface area contributed by atoms with E-state index in [4.69, 9.17) is 9.84 Å². The third-order valence-electron chi connectivity index (χ3n) is 3.75. The first-order valence-electron chi connectivity index (χ1n) is 7.84. The Hall–Kier alpha value is -3.06. The second kappa shape index (κ2) is 7.45. The Labute approximate surface area is 155 Å². The van der Waals surface area contributed by atoms with Crippen molar-refractivity contribution < 1.29 is 19.4 Å². The van der Waals surface area contributed by atoms with Gasteiger partial charge in [0, 0.05) is 16.5 Å². The average molecular weight is 368 g/mol. The number of ether oxygens (including phenoxy) is 1. The molecule has 7 heteroatoms. The van der Waals surface area contributed by atoms with E-state index in [0.29, 0.717) is 16.4 Å². The number of carbonyl (C=O) groups excluding carboxylic acids is 1. The number of hydrogen-bond acceptors (Lipinski definition) is 5. The summed E-state index contributed by atoms with van der Waals surface area (Å²) < 4.78 is 5.79. The standard InChI is InChI=1S/C19H16N2O4S/c1-11(19(23)24)21-18(22)16-17(26)15-8-7-14(9-12(15)10-20-16)25-13-5-3-2-4-6-13/h2-11,26H,1H3,(H,21,22)(H,23,24). The number of nitrogens with zero attached hydrogens (tertiary/aromatic N) is 1. The van der Waals surface area contributed by atoms with Crippen LogP contribution in [0.2, 0.25) is 0 Å². The maximum absolute atomic E-state index is 12.2. The van der Waals surface area contributed by atoms with Crippen LogP contribution < -0.4 is 10.1 Å². The largest absolute Gasteiger partial charge is 0.480 e. The van der Waals surface area contributed by atoms with Crippen LogP contribution in [0.15, 0.2) is 59.6 Å². The van der Waals surface area contributed by atoms with Gasteiger partial charge in [-0.05, 0) is 42.6 Å². The van der Waals surface area contributed by atoms with Gasteiger partial charge in [0.05, 0.1) is 0 Å². The van der Waals surface area contributed by atoms with Gasteiger partial charge in [-0.2, -0.15) is 0 Å². The highest BCUT2D eigenvalue weighted by atomic mass is 32.1. The predicted molar refractivity (Wildman–Crippen MR) is 100 cm³/mol. The predicted octanol–water partition coefficient (Wildman–Crippen LogP) is 3.52. The molecule has 0 saturated heterocycles. The number of hydrogen-bond donors (Lipinski definition) is 3. The highest BCUT2D eigenvalue weighted by molar-refractivity contribution is 7.80. The monoisotopic (exact) mass is 368 g/mol. The van der Waals surface area contributed by atoms with Gasteiger partial charge in [-0.25, -0.2) is 4.98 Å². The summed E-state index contributed by atoms with van der Waals surface area (Å²) in [6.07, 6.45) is 1.53. The first-order chi connectivity index (χ1) is 12.5. The summed E-state index contributed by atoms with van der Waals surface area (Å²) in [6, 6.07) is 13.7. The topological polar surface area (TPSA) is 88.5 Å². The van der Waals surface area contributed by atoms with Crippen molar-refractivity contribution in [1.82, 2.24) is 10.3 Å². The minimum atomic E-state index is -1.12. The molecule has 0 bridgehead atoms. The number of carboxylic acids is 1. The molecule has 0 aliphatic heterocycles. The lowest BCUT2D eigenvalue weighted by molar-refractivity contribution is -0.138. The molecule has 2 aromatic carbocycles. The minimum Gasteiger partial charge on any atom is -0.480 e. The summed E-state index contributed by atoms with van der Waals surface area (Å²) in [4.78, 5) is 27.6. The molecule has 0 radical (unpaired) electrons. The van der Waals surface area contributed by atoms with Crippen LogP contribution in [-0.2, 0) is 4.79 Å². The normalized spacial score (nSPS) is 11.8. The Kier molecular flexibility index (Phi) is 5.09. The van der Waals surface area contributed by atoms with E-state index in [-0.39, 0.29) is 5.69 Å². The van der Waals surface area contributed by atoms with Crippen molar-refractivity contribution in [3.8, 4) is 11.5 Å². The summed E-state index contributed by atoms with van der Waals surface area (Å²) in [7, 11) is 0. The summed E-state index contributed by atoms with van der Waals surface area (Å²) >= 11 is 4.40. The van der Waals surface area contributed by atoms with Crippen LogP contribution in [0.4, 0.5) is 0 Å². The van der Waals surface area contributed by atoms with Crippen LogP contribution in [0.5, 0.6) is 11.5 Å². The third kappa shape index (κ3) is 3.78. The molecule has 0 spiro atoms. The van der Waals surface area contributed by atoms with Crippen molar-refractivity contribution in [2.24, 2.45) is 0 Å². The first kappa shape index (κ1) is 17.8. The molecular formula is C19H16N2O4S. The Morgan fingerprint density at radius 3 is 2.58 bits per heavy atom. The number of fused-ring (bicyclic) bond motifs is 1. The van der Waals surface area contributed by atoms with E-state index >= 15 is 0 Å². The van der Waals surface area contributed by atoms with Crippen LogP contribution >= 0.6 is 12.6 Å². The fourth-order valence-corrected chi connectivity index (χ4v) is 2.73. The number of rotatable bonds is 5. The number of benzene rings is 2. The number of para-hydroxylation sites is 1. The molecule has 1 heterocycles. The van der Waals surface area contributed by atoms with Crippen molar-refractivity contribution >= 4 is 35.3 Å². The fraction of sp³-hybridized carbons (Fsp3) is 0.105. The molecule has 132 valence electrons. The van der Waals surface area contributed by atoms with E-state index in [1.165, 1.54) is 13.1 Å². The third-order valence-corrected chi connectivity index (χ3v) is 4.20. The molecule has 0 saturated carbocycles. The molecule has 0 aliphatic carbocycles. The number of thiol groups is 1. The molecule has 6 nitrogen and oxygen atoms in total. The molecule has 0 fully saturated rings. The molecule has 2 N–H and O–H groups in total. The summed E-state index contributed by atoms with van der Waals surface area (Å²) in [5.74, 6) is -0.363. The van der Waals surface area contributed by atoms with Gasteiger partial charge in [-0.1, -0.05) is 18.2 Å². The molecule has 3 aromatic rings. The van der Waals surface area contributed by atoms with Gasteiger partial charge in [0.1, 0.15) is 23.2 Å². The number of pyridine rings is 1. The van der Waals surface area contributed by atoms with Gasteiger partial charge in [-0.3, -0.25) is 9.59 Å². The lowest BCUT2D eigenvalue weighted by Gasteiger charge is -2.12. The van der Waals surface area contributed by atoms with Crippen LogP contribution in [-0.4, -0.2) is 28.0 Å². The van der Waals surface area contributed by atoms with Gasteiger partial charge in [-0.15, -0.1) is 12.6 Å². The molecule has 3 rings (SSSR count). The van der Waals surface area contributed by atoms with E-state index < -0.39 is 17.9 Å². The SMILES string of the molecule is CC(NC(=O)c1ncc2cc(Oc3ccccc3)ccc2c1S)C(=O)O. The van der Waals surface area contributed by atoms with Crippen LogP contribution in [0, 0.1) is 0 Å². The fourth-order valence-electron chi connectivity index (χ4n) is 2.37. The smallest absolute Gasteiger partial charge is 0.325 e. The minimum absolute atomic E-state index is 0.0747. The molecule has 1 atom stereocenters. The van der Waals surface area contributed by atoms with Crippen molar-refractivity contribution in [2.45, 2.75) is 17.9 Å². The molecular weight excluding hydrogens is 352 g/mol. The van der Waals surface area contributed by atoms with E-state index in [9.17, 15) is 9.59 Å². The number of aromatic nitrogens is 1. The Morgan fingerprint density at radius 1 is 1.15 bits per heavy atom. The molecule has 1 unspecified atom stereocenters. The lowest BCUT2D eigenvalue weighted by Crippen LogP contribution is -2.38.